The van der Waals surface area contributed by atoms with Gasteiger partial charge in [-0.05, 0) is 42.0 Å². The summed E-state index contributed by atoms with van der Waals surface area (Å²) >= 11 is 0. The molecule has 6 heteroatoms. The Morgan fingerprint density at radius 1 is 0.935 bits per heavy atom. The lowest BCUT2D eigenvalue weighted by molar-refractivity contribution is -0.892. The second-order valence-corrected chi connectivity index (χ2v) is 7.75. The lowest BCUT2D eigenvalue weighted by Crippen LogP contribution is -3.15. The van der Waals surface area contributed by atoms with Crippen LogP contribution in [0, 0.1) is 0 Å². The number of carbonyl (C=O) groups is 1. The number of piperazine rings is 1. The van der Waals surface area contributed by atoms with E-state index in [-0.39, 0.29) is 5.91 Å². The summed E-state index contributed by atoms with van der Waals surface area (Å²) in [5.41, 5.74) is 2.75. The summed E-state index contributed by atoms with van der Waals surface area (Å²) in [4.78, 5) is 15.9. The number of benzene rings is 3. The molecule has 3 aromatic rings. The second-order valence-electron chi connectivity index (χ2n) is 7.75. The van der Waals surface area contributed by atoms with Gasteiger partial charge in [-0.2, -0.15) is 0 Å². The van der Waals surface area contributed by atoms with Crippen LogP contribution < -0.4 is 19.9 Å². The third-order valence-electron chi connectivity index (χ3n) is 5.49. The molecule has 1 heterocycles. The van der Waals surface area contributed by atoms with E-state index in [9.17, 15) is 9.90 Å². The van der Waals surface area contributed by atoms with E-state index in [0.29, 0.717) is 18.9 Å². The quantitative estimate of drug-likeness (QED) is 0.551. The normalized spacial score (nSPS) is 14.3. The molecule has 4 rings (SSSR count). The summed E-state index contributed by atoms with van der Waals surface area (Å²) in [6.07, 6.45) is 0. The highest BCUT2D eigenvalue weighted by atomic mass is 16.5. The Bertz CT molecular complexity index is 984. The number of phenols is 1. The van der Waals surface area contributed by atoms with Crippen molar-refractivity contribution in [3.05, 3.63) is 84.4 Å². The van der Waals surface area contributed by atoms with Crippen molar-refractivity contribution < 1.29 is 19.5 Å². The van der Waals surface area contributed by atoms with E-state index < -0.39 is 0 Å². The van der Waals surface area contributed by atoms with Crippen molar-refractivity contribution in [2.24, 2.45) is 0 Å². The number of carbonyl (C=O) groups excluding carboxylic acids is 1. The van der Waals surface area contributed by atoms with Crippen molar-refractivity contribution in [3.8, 4) is 11.5 Å². The zero-order valence-electron chi connectivity index (χ0n) is 17.5. The van der Waals surface area contributed by atoms with Gasteiger partial charge < -0.3 is 25.0 Å². The van der Waals surface area contributed by atoms with Gasteiger partial charge in [-0.3, -0.25) is 4.79 Å². The number of para-hydroxylation sites is 2. The van der Waals surface area contributed by atoms with Gasteiger partial charge in [0.1, 0.15) is 18.1 Å². The lowest BCUT2D eigenvalue weighted by Gasteiger charge is -2.33. The van der Waals surface area contributed by atoms with Gasteiger partial charge in [-0.1, -0.05) is 42.5 Å². The van der Waals surface area contributed by atoms with Crippen molar-refractivity contribution in [2.75, 3.05) is 42.9 Å². The molecule has 1 fully saturated rings. The Balaban J connectivity index is 1.21. The molecule has 31 heavy (non-hydrogen) atoms. The molecule has 1 amide bonds. The maximum atomic E-state index is 12.5. The minimum absolute atomic E-state index is 0.00367. The first-order valence-electron chi connectivity index (χ1n) is 10.6. The molecule has 0 aliphatic carbocycles. The van der Waals surface area contributed by atoms with Gasteiger partial charge in [0.25, 0.3) is 5.91 Å². The molecule has 3 aromatic carbocycles. The van der Waals surface area contributed by atoms with Crippen LogP contribution in [0.4, 0.5) is 11.4 Å². The smallest absolute Gasteiger partial charge is 0.279 e. The van der Waals surface area contributed by atoms with Gasteiger partial charge >= 0.3 is 0 Å². The van der Waals surface area contributed by atoms with E-state index in [1.54, 1.807) is 6.07 Å². The summed E-state index contributed by atoms with van der Waals surface area (Å²) in [6.45, 7) is 4.28. The number of hydrogen-bond donors (Lipinski definition) is 3. The van der Waals surface area contributed by atoms with Gasteiger partial charge in [0.05, 0.1) is 31.9 Å². The SMILES string of the molecule is O=C(C[NH+]1CCN(c2ccccc2O)CC1)Nc1ccc(OCc2ccccc2)cc1. The highest BCUT2D eigenvalue weighted by Gasteiger charge is 2.23. The van der Waals surface area contributed by atoms with E-state index in [1.165, 1.54) is 4.90 Å². The van der Waals surface area contributed by atoms with Crippen LogP contribution in [0.5, 0.6) is 11.5 Å². The second kappa shape index (κ2) is 10.00. The molecule has 1 aliphatic heterocycles. The molecular weight excluding hydrogens is 390 g/mol. The van der Waals surface area contributed by atoms with Gasteiger partial charge in [0.15, 0.2) is 6.54 Å². The number of phenolic OH excluding ortho intramolecular Hbond substituents is 1. The first kappa shape index (κ1) is 20.8. The fourth-order valence-electron chi connectivity index (χ4n) is 3.78. The fraction of sp³-hybridized carbons (Fsp3) is 0.240. The van der Waals surface area contributed by atoms with Crippen LogP contribution >= 0.6 is 0 Å². The topological polar surface area (TPSA) is 66.2 Å². The first-order chi connectivity index (χ1) is 15.2. The van der Waals surface area contributed by atoms with E-state index in [4.69, 9.17) is 4.74 Å². The molecule has 0 radical (unpaired) electrons. The van der Waals surface area contributed by atoms with Crippen molar-refractivity contribution in [2.45, 2.75) is 6.61 Å². The van der Waals surface area contributed by atoms with Crippen LogP contribution in [0.1, 0.15) is 5.56 Å². The predicted octanol–water partition coefficient (Wildman–Crippen LogP) is 2.31. The number of rotatable bonds is 7. The number of quaternary nitrogens is 1. The number of anilines is 2. The summed E-state index contributed by atoms with van der Waals surface area (Å²) in [6, 6.07) is 24.9. The van der Waals surface area contributed by atoms with E-state index in [2.05, 4.69) is 10.2 Å². The van der Waals surface area contributed by atoms with Crippen LogP contribution in [0.25, 0.3) is 0 Å². The molecule has 0 atom stereocenters. The zero-order valence-corrected chi connectivity index (χ0v) is 17.5. The van der Waals surface area contributed by atoms with Crippen LogP contribution in [0.2, 0.25) is 0 Å². The number of amides is 1. The Morgan fingerprint density at radius 3 is 2.32 bits per heavy atom. The molecule has 1 saturated heterocycles. The summed E-state index contributed by atoms with van der Waals surface area (Å²) in [5.74, 6) is 1.08. The Labute approximate surface area is 182 Å². The Kier molecular flexibility index (Phi) is 6.69. The Morgan fingerprint density at radius 2 is 1.61 bits per heavy atom. The highest BCUT2D eigenvalue weighted by Crippen LogP contribution is 2.26. The van der Waals surface area contributed by atoms with Gasteiger partial charge in [0, 0.05) is 5.69 Å². The largest absolute Gasteiger partial charge is 0.506 e. The first-order valence-corrected chi connectivity index (χ1v) is 10.6. The van der Waals surface area contributed by atoms with Crippen LogP contribution in [-0.2, 0) is 11.4 Å². The van der Waals surface area contributed by atoms with Gasteiger partial charge in [0.2, 0.25) is 0 Å². The maximum absolute atomic E-state index is 12.5. The number of ether oxygens (including phenoxy) is 1. The molecule has 0 saturated carbocycles. The number of nitrogens with one attached hydrogen (secondary N) is 2. The van der Waals surface area contributed by atoms with Crippen molar-refractivity contribution in [3.63, 3.8) is 0 Å². The van der Waals surface area contributed by atoms with Crippen molar-refractivity contribution in [1.29, 1.82) is 0 Å². The number of nitrogens with zero attached hydrogens (tertiary/aromatic N) is 1. The third-order valence-corrected chi connectivity index (χ3v) is 5.49. The van der Waals surface area contributed by atoms with Crippen molar-refractivity contribution >= 4 is 17.3 Å². The molecule has 6 nitrogen and oxygen atoms in total. The van der Waals surface area contributed by atoms with E-state index >= 15 is 0 Å². The minimum Gasteiger partial charge on any atom is -0.506 e. The molecule has 1 aliphatic rings. The van der Waals surface area contributed by atoms with Crippen LogP contribution in [-0.4, -0.2) is 43.7 Å². The molecule has 0 unspecified atom stereocenters. The zero-order chi connectivity index (χ0) is 21.5. The van der Waals surface area contributed by atoms with E-state index in [0.717, 1.165) is 48.9 Å². The molecule has 0 bridgehead atoms. The number of aromatic hydroxyl groups is 1. The lowest BCUT2D eigenvalue weighted by atomic mass is 10.2. The Hall–Kier alpha value is -3.51. The summed E-state index contributed by atoms with van der Waals surface area (Å²) < 4.78 is 5.79. The minimum atomic E-state index is 0.00367. The number of hydrogen-bond acceptors (Lipinski definition) is 4. The molecule has 160 valence electrons. The monoisotopic (exact) mass is 418 g/mol. The average Bonchev–Trinajstić information content (AvgIpc) is 2.80. The van der Waals surface area contributed by atoms with E-state index in [1.807, 2.05) is 72.8 Å². The molecular formula is C25H28N3O3+. The molecule has 0 spiro atoms. The summed E-state index contributed by atoms with van der Waals surface area (Å²) in [5, 5.41) is 13.0. The standard InChI is InChI=1S/C25H27N3O3/c29-24-9-5-4-8-23(24)28-16-14-27(15-17-28)18-25(30)26-21-10-12-22(13-11-21)31-19-20-6-2-1-3-7-20/h1-13,29H,14-19H2,(H,26,30)/p+1. The highest BCUT2D eigenvalue weighted by molar-refractivity contribution is 5.91. The fourth-order valence-corrected chi connectivity index (χ4v) is 3.78. The molecule has 3 N–H and O–H groups in total. The summed E-state index contributed by atoms with van der Waals surface area (Å²) in [7, 11) is 0. The van der Waals surface area contributed by atoms with Crippen molar-refractivity contribution in [1.82, 2.24) is 0 Å². The predicted molar refractivity (Wildman–Crippen MR) is 122 cm³/mol. The van der Waals surface area contributed by atoms with Crippen LogP contribution in [0.15, 0.2) is 78.9 Å². The van der Waals surface area contributed by atoms with Gasteiger partial charge in [-0.25, -0.2) is 0 Å². The molecule has 0 aromatic heterocycles. The van der Waals surface area contributed by atoms with Gasteiger partial charge in [-0.15, -0.1) is 0 Å². The third kappa shape index (κ3) is 5.77. The maximum Gasteiger partial charge on any atom is 0.279 e. The van der Waals surface area contributed by atoms with Crippen LogP contribution in [0.3, 0.4) is 0 Å². The average molecular weight is 419 g/mol.